The number of pyridine rings is 1. The van der Waals surface area contributed by atoms with E-state index in [1.165, 1.54) is 6.33 Å². The van der Waals surface area contributed by atoms with Crippen molar-refractivity contribution in [2.24, 2.45) is 15.7 Å². The summed E-state index contributed by atoms with van der Waals surface area (Å²) in [7, 11) is 0. The van der Waals surface area contributed by atoms with E-state index in [1.54, 1.807) is 24.8 Å². The highest BCUT2D eigenvalue weighted by Gasteiger charge is 2.12. The van der Waals surface area contributed by atoms with Gasteiger partial charge < -0.3 is 11.1 Å². The molecule has 3 aromatic heterocycles. The summed E-state index contributed by atoms with van der Waals surface area (Å²) < 4.78 is 1.95. The maximum Gasteiger partial charge on any atom is 0.137 e. The molecule has 0 spiro atoms. The van der Waals surface area contributed by atoms with Crippen LogP contribution < -0.4 is 11.1 Å². The Morgan fingerprint density at radius 3 is 2.80 bits per heavy atom. The second kappa shape index (κ2) is 7.45. The van der Waals surface area contributed by atoms with Crippen molar-refractivity contribution in [2.45, 2.75) is 6.92 Å². The van der Waals surface area contributed by atoms with Gasteiger partial charge in [0, 0.05) is 12.4 Å². The zero-order valence-corrected chi connectivity index (χ0v) is 13.8. The summed E-state index contributed by atoms with van der Waals surface area (Å²) in [5, 5.41) is 3.26. The van der Waals surface area contributed by atoms with Gasteiger partial charge in [-0.3, -0.25) is 14.4 Å². The highest BCUT2D eigenvalue weighted by molar-refractivity contribution is 6.11. The molecular weight excluding hydrogens is 316 g/mol. The summed E-state index contributed by atoms with van der Waals surface area (Å²) in [6, 6.07) is 3.85. The molecule has 0 bridgehead atoms. The van der Waals surface area contributed by atoms with Crippen molar-refractivity contribution in [1.29, 1.82) is 0 Å². The van der Waals surface area contributed by atoms with Gasteiger partial charge in [0.05, 0.1) is 48.0 Å². The fourth-order valence-corrected chi connectivity index (χ4v) is 2.46. The van der Waals surface area contributed by atoms with Crippen LogP contribution >= 0.6 is 0 Å². The summed E-state index contributed by atoms with van der Waals surface area (Å²) in [5.74, 6) is 0. The van der Waals surface area contributed by atoms with Crippen LogP contribution in [0.1, 0.15) is 12.6 Å². The van der Waals surface area contributed by atoms with E-state index in [0.717, 1.165) is 34.0 Å². The maximum absolute atomic E-state index is 5.63. The molecule has 3 aromatic rings. The number of imidazole rings is 1. The van der Waals surface area contributed by atoms with Crippen LogP contribution in [0.4, 0.5) is 11.4 Å². The predicted octanol–water partition coefficient (Wildman–Crippen LogP) is 2.18. The summed E-state index contributed by atoms with van der Waals surface area (Å²) in [6.45, 7) is 5.57. The maximum atomic E-state index is 5.63. The Morgan fingerprint density at radius 2 is 2.08 bits per heavy atom. The SMILES string of the molecule is C=N/C=C(C)\C(=N/CN)c1cnc2ccc(Nc3cncnc3)cn12. The zero-order chi connectivity index (χ0) is 17.6. The molecule has 0 aliphatic carbocycles. The van der Waals surface area contributed by atoms with Gasteiger partial charge >= 0.3 is 0 Å². The Labute approximate surface area is 144 Å². The first-order chi connectivity index (χ1) is 12.2. The number of hydrogen-bond donors (Lipinski definition) is 2. The molecule has 25 heavy (non-hydrogen) atoms. The Morgan fingerprint density at radius 1 is 1.28 bits per heavy atom. The fraction of sp³-hybridized carbons (Fsp3) is 0.118. The molecule has 3 rings (SSSR count). The van der Waals surface area contributed by atoms with Crippen molar-refractivity contribution >= 4 is 29.5 Å². The molecule has 0 aliphatic heterocycles. The van der Waals surface area contributed by atoms with Crippen molar-refractivity contribution in [3.05, 3.63) is 60.7 Å². The smallest absolute Gasteiger partial charge is 0.137 e. The standard InChI is InChI=1S/C17H18N8/c1-12(5-19-2)17(23-10-18)15-8-22-16-4-3-13(9-25(15)16)24-14-6-20-11-21-7-14/h3-9,11,24H,2,10,18H2,1H3/b12-5-,23-17+. The lowest BCUT2D eigenvalue weighted by molar-refractivity contribution is 1.06. The molecule has 126 valence electrons. The number of nitrogens with two attached hydrogens (primary N) is 1. The minimum Gasteiger partial charge on any atom is -0.352 e. The first-order valence-corrected chi connectivity index (χ1v) is 7.60. The van der Waals surface area contributed by atoms with E-state index in [1.807, 2.05) is 29.7 Å². The van der Waals surface area contributed by atoms with E-state index < -0.39 is 0 Å². The Balaban J connectivity index is 2.04. The zero-order valence-electron chi connectivity index (χ0n) is 13.8. The number of nitrogens with zero attached hydrogens (tertiary/aromatic N) is 6. The van der Waals surface area contributed by atoms with Crippen LogP contribution in [0.3, 0.4) is 0 Å². The molecule has 0 saturated heterocycles. The number of hydrogen-bond acceptors (Lipinski definition) is 7. The molecule has 0 amide bonds. The normalized spacial score (nSPS) is 12.4. The van der Waals surface area contributed by atoms with E-state index in [9.17, 15) is 0 Å². The summed E-state index contributed by atoms with van der Waals surface area (Å²) >= 11 is 0. The second-order valence-electron chi connectivity index (χ2n) is 5.23. The molecule has 0 atom stereocenters. The number of nitrogens with one attached hydrogen (secondary N) is 1. The van der Waals surface area contributed by atoms with Gasteiger partial charge in [0.25, 0.3) is 0 Å². The van der Waals surface area contributed by atoms with Gasteiger partial charge in [-0.2, -0.15) is 0 Å². The Kier molecular flexibility index (Phi) is 4.91. The van der Waals surface area contributed by atoms with Gasteiger partial charge in [-0.15, -0.1) is 0 Å². The molecule has 0 unspecified atom stereocenters. The van der Waals surface area contributed by atoms with E-state index >= 15 is 0 Å². The van der Waals surface area contributed by atoms with E-state index in [4.69, 9.17) is 5.73 Å². The van der Waals surface area contributed by atoms with Gasteiger partial charge in [0.2, 0.25) is 0 Å². The second-order valence-corrected chi connectivity index (χ2v) is 5.23. The van der Waals surface area contributed by atoms with Crippen LogP contribution in [0.5, 0.6) is 0 Å². The summed E-state index contributed by atoms with van der Waals surface area (Å²) in [5.41, 5.74) is 10.5. The van der Waals surface area contributed by atoms with E-state index in [-0.39, 0.29) is 6.67 Å². The highest BCUT2D eigenvalue weighted by atomic mass is 15.0. The van der Waals surface area contributed by atoms with Crippen LogP contribution in [-0.4, -0.2) is 38.5 Å². The van der Waals surface area contributed by atoms with Gasteiger partial charge in [0.1, 0.15) is 12.0 Å². The Bertz CT molecular complexity index is 940. The van der Waals surface area contributed by atoms with Crippen LogP contribution in [0.25, 0.3) is 5.65 Å². The number of allylic oxidation sites excluding steroid dienone is 1. The molecule has 0 fully saturated rings. The average molecular weight is 334 g/mol. The lowest BCUT2D eigenvalue weighted by atomic mass is 10.1. The quantitative estimate of drug-likeness (QED) is 0.672. The van der Waals surface area contributed by atoms with Crippen LogP contribution in [0.2, 0.25) is 0 Å². The Hall–Kier alpha value is -3.39. The third-order valence-corrected chi connectivity index (χ3v) is 3.51. The van der Waals surface area contributed by atoms with Crippen LogP contribution in [0.15, 0.2) is 65.0 Å². The summed E-state index contributed by atoms with van der Waals surface area (Å²) in [4.78, 5) is 20.6. The third-order valence-electron chi connectivity index (χ3n) is 3.51. The molecule has 8 heteroatoms. The molecular formula is C17H18N8. The molecule has 8 nitrogen and oxygen atoms in total. The summed E-state index contributed by atoms with van der Waals surface area (Å²) in [6.07, 6.45) is 10.2. The van der Waals surface area contributed by atoms with Crippen LogP contribution in [-0.2, 0) is 0 Å². The number of anilines is 2. The van der Waals surface area contributed by atoms with Gasteiger partial charge in [-0.1, -0.05) is 0 Å². The number of fused-ring (bicyclic) bond motifs is 1. The molecule has 0 saturated carbocycles. The molecule has 3 N–H and O–H groups in total. The average Bonchev–Trinajstić information content (AvgIpc) is 3.03. The largest absolute Gasteiger partial charge is 0.352 e. The van der Waals surface area contributed by atoms with Crippen molar-refractivity contribution in [3.8, 4) is 0 Å². The van der Waals surface area contributed by atoms with Crippen molar-refractivity contribution in [2.75, 3.05) is 12.0 Å². The van der Waals surface area contributed by atoms with Crippen molar-refractivity contribution in [3.63, 3.8) is 0 Å². The lowest BCUT2D eigenvalue weighted by Crippen LogP contribution is -2.10. The topological polar surface area (TPSA) is 106 Å². The van der Waals surface area contributed by atoms with E-state index in [0.29, 0.717) is 0 Å². The predicted molar refractivity (Wildman–Crippen MR) is 99.4 cm³/mol. The third kappa shape index (κ3) is 3.59. The van der Waals surface area contributed by atoms with Crippen molar-refractivity contribution in [1.82, 2.24) is 19.4 Å². The highest BCUT2D eigenvalue weighted by Crippen LogP contribution is 2.19. The minimum absolute atomic E-state index is 0.171. The lowest BCUT2D eigenvalue weighted by Gasteiger charge is -2.09. The molecule has 3 heterocycles. The number of rotatable bonds is 6. The van der Waals surface area contributed by atoms with Crippen molar-refractivity contribution < 1.29 is 0 Å². The number of aromatic nitrogens is 4. The molecule has 0 radical (unpaired) electrons. The first kappa shape index (κ1) is 16.5. The van der Waals surface area contributed by atoms with E-state index in [2.05, 4.69) is 37.0 Å². The monoisotopic (exact) mass is 334 g/mol. The molecule has 0 aromatic carbocycles. The first-order valence-electron chi connectivity index (χ1n) is 7.60. The van der Waals surface area contributed by atoms with Gasteiger partial charge in [-0.25, -0.2) is 15.0 Å². The van der Waals surface area contributed by atoms with Crippen LogP contribution in [0, 0.1) is 0 Å². The minimum atomic E-state index is 0.171. The number of aliphatic imine (C=N–C) groups is 2. The fourth-order valence-electron chi connectivity index (χ4n) is 2.46. The van der Waals surface area contributed by atoms with Gasteiger partial charge in [0.15, 0.2) is 0 Å². The molecule has 0 aliphatic rings. The van der Waals surface area contributed by atoms with Gasteiger partial charge in [-0.05, 0) is 31.3 Å².